The fourth-order valence-electron chi connectivity index (χ4n) is 8.66. The van der Waals surface area contributed by atoms with Gasteiger partial charge in [-0.3, -0.25) is 0 Å². The molecule has 0 aliphatic rings. The number of nitrogens with zero attached hydrogens (tertiary/aromatic N) is 3. The van der Waals surface area contributed by atoms with Gasteiger partial charge in [0.1, 0.15) is 22.3 Å². The fraction of sp³-hybridized carbons (Fsp3) is 0. The minimum atomic E-state index is 0.620. The van der Waals surface area contributed by atoms with E-state index in [2.05, 4.69) is 133 Å². The summed E-state index contributed by atoms with van der Waals surface area (Å²) in [6.07, 6.45) is 0. The molecule has 0 saturated heterocycles. The zero-order valence-electron chi connectivity index (χ0n) is 31.1. The van der Waals surface area contributed by atoms with Crippen molar-refractivity contribution >= 4 is 65.4 Å². The summed E-state index contributed by atoms with van der Waals surface area (Å²) in [4.78, 5) is 15.4. The van der Waals surface area contributed by atoms with Crippen LogP contribution in [0.2, 0.25) is 0 Å². The maximum absolute atomic E-state index is 6.82. The van der Waals surface area contributed by atoms with E-state index in [1.165, 1.54) is 5.39 Å². The highest BCUT2D eigenvalue weighted by molar-refractivity contribution is 6.22. The second kappa shape index (κ2) is 12.8. The second-order valence-electron chi connectivity index (χ2n) is 14.7. The van der Waals surface area contributed by atoms with Gasteiger partial charge in [0.2, 0.25) is 0 Å². The van der Waals surface area contributed by atoms with Crippen LogP contribution in [-0.4, -0.2) is 15.0 Å². The van der Waals surface area contributed by atoms with E-state index in [-0.39, 0.29) is 0 Å². The minimum Gasteiger partial charge on any atom is -0.456 e. The van der Waals surface area contributed by atoms with E-state index in [0.717, 1.165) is 99.0 Å². The molecule has 5 heteroatoms. The molecule has 12 rings (SSSR count). The fourth-order valence-corrected chi connectivity index (χ4v) is 8.66. The van der Waals surface area contributed by atoms with Gasteiger partial charge in [0.15, 0.2) is 17.5 Å². The molecule has 0 radical (unpaired) electrons. The molecule has 0 spiro atoms. The van der Waals surface area contributed by atoms with Crippen LogP contribution >= 0.6 is 0 Å². The quantitative estimate of drug-likeness (QED) is 0.176. The van der Waals surface area contributed by atoms with Crippen LogP contribution < -0.4 is 0 Å². The summed E-state index contributed by atoms with van der Waals surface area (Å²) in [6.45, 7) is 0. The zero-order valence-corrected chi connectivity index (χ0v) is 31.1. The predicted molar refractivity (Wildman–Crippen MR) is 237 cm³/mol. The van der Waals surface area contributed by atoms with Crippen molar-refractivity contribution in [3.63, 3.8) is 0 Å². The monoisotopic (exact) mass is 741 g/mol. The second-order valence-corrected chi connectivity index (χ2v) is 14.7. The molecule has 12 aromatic rings. The molecule has 58 heavy (non-hydrogen) atoms. The summed E-state index contributed by atoms with van der Waals surface area (Å²) in [5, 5.41) is 8.75. The number of para-hydroxylation sites is 2. The average Bonchev–Trinajstić information content (AvgIpc) is 3.88. The van der Waals surface area contributed by atoms with Gasteiger partial charge in [0.05, 0.1) is 0 Å². The predicted octanol–water partition coefficient (Wildman–Crippen LogP) is 14.3. The van der Waals surface area contributed by atoms with Crippen molar-refractivity contribution in [3.8, 4) is 56.4 Å². The van der Waals surface area contributed by atoms with Crippen LogP contribution in [0.4, 0.5) is 0 Å². The molecule has 0 bridgehead atoms. The number of hydrogen-bond donors (Lipinski definition) is 0. The van der Waals surface area contributed by atoms with E-state index in [1.54, 1.807) is 0 Å². The third kappa shape index (κ3) is 5.07. The van der Waals surface area contributed by atoms with Crippen LogP contribution in [0.1, 0.15) is 0 Å². The lowest BCUT2D eigenvalue weighted by molar-refractivity contribution is 0.668. The maximum atomic E-state index is 6.82. The largest absolute Gasteiger partial charge is 0.456 e. The molecule has 5 nitrogen and oxygen atoms in total. The molecule has 0 fully saturated rings. The van der Waals surface area contributed by atoms with E-state index in [0.29, 0.717) is 17.5 Å². The molecular weight excluding hydrogens is 711 g/mol. The van der Waals surface area contributed by atoms with E-state index in [4.69, 9.17) is 23.8 Å². The van der Waals surface area contributed by atoms with Crippen LogP contribution in [0.5, 0.6) is 0 Å². The minimum absolute atomic E-state index is 0.620. The first-order valence-corrected chi connectivity index (χ1v) is 19.4. The summed E-state index contributed by atoms with van der Waals surface area (Å²) in [7, 11) is 0. The lowest BCUT2D eigenvalue weighted by Gasteiger charge is -2.15. The highest BCUT2D eigenvalue weighted by Crippen LogP contribution is 2.46. The lowest BCUT2D eigenvalue weighted by atomic mass is 9.89. The average molecular weight is 742 g/mol. The van der Waals surface area contributed by atoms with E-state index in [9.17, 15) is 0 Å². The molecule has 0 aliphatic heterocycles. The summed E-state index contributed by atoms with van der Waals surface area (Å²) in [5.74, 6) is 1.88. The zero-order chi connectivity index (χ0) is 38.2. The Hall–Kier alpha value is -7.89. The maximum Gasteiger partial charge on any atom is 0.164 e. The van der Waals surface area contributed by atoms with Gasteiger partial charge in [-0.25, -0.2) is 15.0 Å². The number of aromatic nitrogens is 3. The van der Waals surface area contributed by atoms with Crippen LogP contribution in [0.3, 0.4) is 0 Å². The first kappa shape index (κ1) is 32.4. The van der Waals surface area contributed by atoms with Crippen LogP contribution in [-0.2, 0) is 0 Å². The van der Waals surface area contributed by atoms with Crippen LogP contribution in [0.15, 0.2) is 197 Å². The molecule has 0 aliphatic carbocycles. The van der Waals surface area contributed by atoms with Gasteiger partial charge >= 0.3 is 0 Å². The summed E-state index contributed by atoms with van der Waals surface area (Å²) >= 11 is 0. The lowest BCUT2D eigenvalue weighted by Crippen LogP contribution is -2.01. The molecule has 270 valence electrons. The Morgan fingerprint density at radius 2 is 0.845 bits per heavy atom. The molecule has 0 amide bonds. The number of benzene rings is 9. The van der Waals surface area contributed by atoms with Crippen molar-refractivity contribution in [2.45, 2.75) is 0 Å². The normalized spacial score (nSPS) is 11.8. The summed E-state index contributed by atoms with van der Waals surface area (Å²) in [5.41, 5.74) is 10.5. The van der Waals surface area contributed by atoms with Crippen molar-refractivity contribution in [2.24, 2.45) is 0 Å². The van der Waals surface area contributed by atoms with Gasteiger partial charge in [0, 0.05) is 43.8 Å². The third-order valence-corrected chi connectivity index (χ3v) is 11.3. The van der Waals surface area contributed by atoms with Crippen molar-refractivity contribution in [1.29, 1.82) is 0 Å². The summed E-state index contributed by atoms with van der Waals surface area (Å²) < 4.78 is 13.1. The molecule has 0 N–H and O–H groups in total. The topological polar surface area (TPSA) is 65.0 Å². The Labute approximate surface area is 332 Å². The van der Waals surface area contributed by atoms with Crippen molar-refractivity contribution in [1.82, 2.24) is 15.0 Å². The Morgan fingerprint density at radius 3 is 1.66 bits per heavy atom. The molecule has 3 aromatic heterocycles. The van der Waals surface area contributed by atoms with Crippen LogP contribution in [0.25, 0.3) is 122 Å². The smallest absolute Gasteiger partial charge is 0.164 e. The van der Waals surface area contributed by atoms with E-state index >= 15 is 0 Å². The number of rotatable bonds is 5. The molecular formula is C53H31N3O2. The van der Waals surface area contributed by atoms with Gasteiger partial charge in [-0.2, -0.15) is 0 Å². The van der Waals surface area contributed by atoms with Crippen molar-refractivity contribution < 1.29 is 8.83 Å². The van der Waals surface area contributed by atoms with E-state index < -0.39 is 0 Å². The molecule has 3 heterocycles. The molecule has 0 atom stereocenters. The third-order valence-electron chi connectivity index (χ3n) is 11.3. The SMILES string of the molecule is c1ccc(-c2nc(-c3ccc4ccccc4c3)nc(-c3ccc(-c4ccc(-c5cccc6oc7ccccc7c56)c5oc6ccccc6c45)c4ccccc34)n2)cc1. The van der Waals surface area contributed by atoms with Gasteiger partial charge in [-0.1, -0.05) is 152 Å². The highest BCUT2D eigenvalue weighted by atomic mass is 16.3. The van der Waals surface area contributed by atoms with Gasteiger partial charge < -0.3 is 8.83 Å². The van der Waals surface area contributed by atoms with Gasteiger partial charge in [-0.15, -0.1) is 0 Å². The molecule has 9 aromatic carbocycles. The Bertz CT molecular complexity index is 3580. The number of furan rings is 2. The first-order valence-electron chi connectivity index (χ1n) is 19.4. The standard InChI is InChI=1S/C53H31N3O2/c1-2-14-33(15-3-1)51-54-52(35-26-25-32-13-4-5-16-34(32)31-35)56-53(55-51)42-30-27-38(36-17-6-7-18-37(36)42)40-28-29-41(50-49(40)44-20-9-11-23-46(44)58-50)39-21-12-24-47-48(39)43-19-8-10-22-45(43)57-47/h1-31H. The van der Waals surface area contributed by atoms with Crippen molar-refractivity contribution in [3.05, 3.63) is 188 Å². The Morgan fingerprint density at radius 1 is 0.293 bits per heavy atom. The highest BCUT2D eigenvalue weighted by Gasteiger charge is 2.22. The number of hydrogen-bond acceptors (Lipinski definition) is 5. The Balaban J connectivity index is 1.08. The molecule has 0 unspecified atom stereocenters. The Kier molecular flexibility index (Phi) is 7.16. The first-order chi connectivity index (χ1) is 28.7. The van der Waals surface area contributed by atoms with Gasteiger partial charge in [-0.05, 0) is 74.6 Å². The van der Waals surface area contributed by atoms with Gasteiger partial charge in [0.25, 0.3) is 0 Å². The van der Waals surface area contributed by atoms with E-state index in [1.807, 2.05) is 54.6 Å². The molecule has 0 saturated carbocycles. The summed E-state index contributed by atoms with van der Waals surface area (Å²) in [6, 6.07) is 65.0. The van der Waals surface area contributed by atoms with Crippen LogP contribution in [0, 0.1) is 0 Å². The van der Waals surface area contributed by atoms with Crippen molar-refractivity contribution in [2.75, 3.05) is 0 Å². The number of fused-ring (bicyclic) bond motifs is 8.